The fourth-order valence-corrected chi connectivity index (χ4v) is 3.68. The van der Waals surface area contributed by atoms with Crippen LogP contribution in [0.1, 0.15) is 32.0 Å². The van der Waals surface area contributed by atoms with Crippen molar-refractivity contribution in [2.75, 3.05) is 5.32 Å². The summed E-state index contributed by atoms with van der Waals surface area (Å²) in [7, 11) is -1.59. The molecule has 0 aliphatic rings. The van der Waals surface area contributed by atoms with Gasteiger partial charge in [-0.3, -0.25) is 9.59 Å². The van der Waals surface area contributed by atoms with E-state index >= 15 is 0 Å². The number of hydrogen-bond donors (Lipinski definition) is 5. The lowest BCUT2D eigenvalue weighted by molar-refractivity contribution is 0.0988. The molecule has 0 fully saturated rings. The van der Waals surface area contributed by atoms with E-state index in [0.29, 0.717) is 28.1 Å². The quantitative estimate of drug-likeness (QED) is 0.254. The smallest absolute Gasteiger partial charge is 0.423 e. The van der Waals surface area contributed by atoms with Crippen molar-refractivity contribution in [3.8, 4) is 11.4 Å². The van der Waals surface area contributed by atoms with E-state index in [9.17, 15) is 19.6 Å². The third kappa shape index (κ3) is 4.27. The van der Waals surface area contributed by atoms with E-state index in [1.54, 1.807) is 47.0 Å². The van der Waals surface area contributed by atoms with E-state index in [4.69, 9.17) is 11.5 Å². The van der Waals surface area contributed by atoms with Gasteiger partial charge in [0.1, 0.15) is 11.5 Å². The van der Waals surface area contributed by atoms with Crippen molar-refractivity contribution >= 4 is 35.7 Å². The molecule has 0 atom stereocenters. The van der Waals surface area contributed by atoms with Gasteiger partial charge in [0.25, 0.3) is 11.8 Å². The molecule has 0 saturated carbocycles. The van der Waals surface area contributed by atoms with Gasteiger partial charge < -0.3 is 31.2 Å². The van der Waals surface area contributed by atoms with Crippen LogP contribution in [0.5, 0.6) is 0 Å². The Balaban J connectivity index is 1.75. The van der Waals surface area contributed by atoms with Crippen LogP contribution < -0.4 is 22.2 Å². The first-order chi connectivity index (χ1) is 15.8. The molecule has 1 aromatic carbocycles. The Labute approximate surface area is 189 Å². The number of aryl methyl sites for hydroxylation is 1. The summed E-state index contributed by atoms with van der Waals surface area (Å²) in [5, 5.41) is 21.8. The number of benzene rings is 1. The number of nitrogens with one attached hydrogen (secondary N) is 1. The Hall–Kier alpha value is -4.22. The van der Waals surface area contributed by atoms with Crippen LogP contribution in [0.4, 0.5) is 5.82 Å². The second kappa shape index (κ2) is 8.73. The molecule has 0 aliphatic carbocycles. The third-order valence-corrected chi connectivity index (χ3v) is 5.24. The van der Waals surface area contributed by atoms with Gasteiger partial charge >= 0.3 is 7.12 Å². The highest BCUT2D eigenvalue weighted by molar-refractivity contribution is 6.58. The van der Waals surface area contributed by atoms with Gasteiger partial charge in [-0.05, 0) is 35.6 Å². The van der Waals surface area contributed by atoms with E-state index in [-0.39, 0.29) is 17.9 Å². The summed E-state index contributed by atoms with van der Waals surface area (Å²) in [5.74, 6) is -0.696. The number of nitrogens with two attached hydrogens (primary N) is 2. The molecule has 7 N–H and O–H groups in total. The normalized spacial score (nSPS) is 10.9. The lowest BCUT2D eigenvalue weighted by atomic mass is 9.80. The lowest BCUT2D eigenvalue weighted by Crippen LogP contribution is -2.30. The number of anilines is 1. The maximum atomic E-state index is 12.0. The summed E-state index contributed by atoms with van der Waals surface area (Å²) in [5.41, 5.74) is 14.7. The Morgan fingerprint density at radius 2 is 1.88 bits per heavy atom. The van der Waals surface area contributed by atoms with E-state index in [1.807, 2.05) is 13.0 Å². The number of rotatable bonds is 7. The lowest BCUT2D eigenvalue weighted by Gasteiger charge is -2.12. The molecular weight excluding hydrogens is 423 g/mol. The molecule has 3 heterocycles. The van der Waals surface area contributed by atoms with Crippen molar-refractivity contribution in [2.45, 2.75) is 13.5 Å². The van der Waals surface area contributed by atoms with Crippen LogP contribution >= 0.6 is 0 Å². The van der Waals surface area contributed by atoms with Crippen LogP contribution in [0.15, 0.2) is 54.9 Å². The van der Waals surface area contributed by atoms with Crippen molar-refractivity contribution in [1.82, 2.24) is 14.4 Å². The van der Waals surface area contributed by atoms with Gasteiger partial charge in [0.05, 0.1) is 11.1 Å². The molecule has 33 heavy (non-hydrogen) atoms. The van der Waals surface area contributed by atoms with Gasteiger partial charge in [-0.25, -0.2) is 9.97 Å². The monoisotopic (exact) mass is 444 g/mol. The SMILES string of the molecule is Cc1cn2c(C(N)=O)cccc2c1-c1ncc(C(N)=O)c(NCc2cccc(B(O)O)c2)n1. The van der Waals surface area contributed by atoms with Crippen molar-refractivity contribution in [3.63, 3.8) is 0 Å². The van der Waals surface area contributed by atoms with Crippen molar-refractivity contribution in [2.24, 2.45) is 11.5 Å². The molecule has 10 nitrogen and oxygen atoms in total. The number of fused-ring (bicyclic) bond motifs is 1. The minimum absolute atomic E-state index is 0.107. The molecule has 4 aromatic rings. The maximum absolute atomic E-state index is 12.0. The number of primary amides is 2. The first-order valence-corrected chi connectivity index (χ1v) is 10.0. The molecule has 0 spiro atoms. The average molecular weight is 444 g/mol. The summed E-state index contributed by atoms with van der Waals surface area (Å²) in [6.07, 6.45) is 3.12. The van der Waals surface area contributed by atoms with Crippen LogP contribution in [0, 0.1) is 6.92 Å². The topological polar surface area (TPSA) is 169 Å². The van der Waals surface area contributed by atoms with Crippen LogP contribution in [0.3, 0.4) is 0 Å². The number of amides is 2. The number of carbonyl (C=O) groups is 2. The van der Waals surface area contributed by atoms with Crippen LogP contribution in [-0.2, 0) is 6.54 Å². The predicted octanol–water partition coefficient (Wildman–Crippen LogP) is 0.194. The fraction of sp³-hybridized carbons (Fsp3) is 0.0909. The second-order valence-corrected chi connectivity index (χ2v) is 7.51. The Morgan fingerprint density at radius 1 is 1.12 bits per heavy atom. The minimum atomic E-state index is -1.59. The van der Waals surface area contributed by atoms with Gasteiger partial charge in [0, 0.05) is 24.5 Å². The van der Waals surface area contributed by atoms with Gasteiger partial charge in [0.15, 0.2) is 5.82 Å². The standard InChI is InChI=1S/C22H21BN6O4/c1-12-11-29-16(6-3-7-17(29)20(25)31)18(12)22-27-10-15(19(24)30)21(28-22)26-9-13-4-2-5-14(8-13)23(32)33/h2-8,10-11,32-33H,9H2,1H3,(H2,24,30)(H2,25,31)(H,26,27,28). The summed E-state index contributed by atoms with van der Waals surface area (Å²) >= 11 is 0. The second-order valence-electron chi connectivity index (χ2n) is 7.51. The molecule has 0 saturated heterocycles. The molecule has 0 aliphatic heterocycles. The van der Waals surface area contributed by atoms with E-state index in [2.05, 4.69) is 15.3 Å². The molecular formula is C22H21BN6O4. The van der Waals surface area contributed by atoms with E-state index < -0.39 is 18.9 Å². The average Bonchev–Trinajstić information content (AvgIpc) is 3.13. The van der Waals surface area contributed by atoms with E-state index in [1.165, 1.54) is 6.20 Å². The Kier molecular flexibility index (Phi) is 5.82. The zero-order valence-electron chi connectivity index (χ0n) is 17.7. The number of aromatic nitrogens is 3. The summed E-state index contributed by atoms with van der Waals surface area (Å²) in [4.78, 5) is 32.6. The zero-order valence-corrected chi connectivity index (χ0v) is 17.7. The van der Waals surface area contributed by atoms with Crippen LogP contribution in [0.2, 0.25) is 0 Å². The number of carbonyl (C=O) groups excluding carboxylic acids is 2. The molecule has 0 bridgehead atoms. The first-order valence-electron chi connectivity index (χ1n) is 10.0. The number of pyridine rings is 1. The highest BCUT2D eigenvalue weighted by atomic mass is 16.4. The molecule has 4 rings (SSSR count). The third-order valence-electron chi connectivity index (χ3n) is 5.24. The number of hydrogen-bond acceptors (Lipinski definition) is 7. The molecule has 0 unspecified atom stereocenters. The van der Waals surface area contributed by atoms with E-state index in [0.717, 1.165) is 11.1 Å². The molecule has 11 heteroatoms. The van der Waals surface area contributed by atoms with Crippen molar-refractivity contribution < 1.29 is 19.6 Å². The first kappa shape index (κ1) is 22.0. The highest BCUT2D eigenvalue weighted by Crippen LogP contribution is 2.29. The zero-order chi connectivity index (χ0) is 23.7. The van der Waals surface area contributed by atoms with Crippen LogP contribution in [0.25, 0.3) is 16.9 Å². The molecule has 2 amide bonds. The van der Waals surface area contributed by atoms with Crippen LogP contribution in [-0.4, -0.2) is 43.3 Å². The number of nitrogens with zero attached hydrogens (tertiary/aromatic N) is 3. The Bertz CT molecular complexity index is 1380. The van der Waals surface area contributed by atoms with Gasteiger partial charge in [0.2, 0.25) is 0 Å². The summed E-state index contributed by atoms with van der Waals surface area (Å²) in [6.45, 7) is 2.11. The molecule has 166 valence electrons. The van der Waals surface area contributed by atoms with Crippen molar-refractivity contribution in [3.05, 3.63) is 77.2 Å². The molecule has 3 aromatic heterocycles. The van der Waals surface area contributed by atoms with Gasteiger partial charge in [-0.2, -0.15) is 0 Å². The Morgan fingerprint density at radius 3 is 2.58 bits per heavy atom. The van der Waals surface area contributed by atoms with Gasteiger partial charge in [-0.15, -0.1) is 0 Å². The predicted molar refractivity (Wildman–Crippen MR) is 124 cm³/mol. The largest absolute Gasteiger partial charge is 0.488 e. The summed E-state index contributed by atoms with van der Waals surface area (Å²) in [6, 6.07) is 11.9. The van der Waals surface area contributed by atoms with Gasteiger partial charge in [-0.1, -0.05) is 30.3 Å². The fourth-order valence-electron chi connectivity index (χ4n) is 3.68. The van der Waals surface area contributed by atoms with Crippen molar-refractivity contribution in [1.29, 1.82) is 0 Å². The highest BCUT2D eigenvalue weighted by Gasteiger charge is 2.19. The molecule has 0 radical (unpaired) electrons. The minimum Gasteiger partial charge on any atom is -0.423 e. The summed E-state index contributed by atoms with van der Waals surface area (Å²) < 4.78 is 1.68. The maximum Gasteiger partial charge on any atom is 0.488 e.